The Hall–Kier alpha value is -2.19. The van der Waals surface area contributed by atoms with Crippen LogP contribution in [0, 0.1) is 0 Å². The minimum atomic E-state index is -1.12. The predicted molar refractivity (Wildman–Crippen MR) is 222 cm³/mol. The maximum Gasteiger partial charge on any atom is 0.306 e. The fraction of sp³-hybridized carbons (Fsp3) is 0.848. The molecule has 0 bridgehead atoms. The summed E-state index contributed by atoms with van der Waals surface area (Å²) < 4.78 is 17.2. The molecule has 0 fully saturated rings. The molecule has 0 aromatic rings. The normalized spacial score (nSPS) is 13.1. The van der Waals surface area contributed by atoms with Gasteiger partial charge in [0.25, 0.3) is 0 Å². The smallest absolute Gasteiger partial charge is 0.306 e. The highest BCUT2D eigenvalue weighted by Crippen LogP contribution is 2.15. The number of carbonyl (C=O) groups is 3. The van der Waals surface area contributed by atoms with Gasteiger partial charge in [0, 0.05) is 19.3 Å². The number of allylic oxidation sites excluding steroid dienone is 4. The second-order valence-electron chi connectivity index (χ2n) is 16.3. The number of rotatable bonds is 40. The molecule has 0 rings (SSSR count). The lowest BCUT2D eigenvalue weighted by atomic mass is 10.0. The zero-order valence-electron chi connectivity index (χ0n) is 35.9. The minimum Gasteiger partial charge on any atom is -0.544 e. The van der Waals surface area contributed by atoms with E-state index in [-0.39, 0.29) is 42.7 Å². The molecule has 0 saturated heterocycles. The molecule has 0 aromatic heterocycles. The van der Waals surface area contributed by atoms with Gasteiger partial charge in [-0.2, -0.15) is 0 Å². The van der Waals surface area contributed by atoms with Gasteiger partial charge in [-0.25, -0.2) is 0 Å². The second-order valence-corrected chi connectivity index (χ2v) is 16.3. The Morgan fingerprint density at radius 2 is 1.04 bits per heavy atom. The first-order valence-corrected chi connectivity index (χ1v) is 22.4. The number of quaternary nitrogens is 1. The highest BCUT2D eigenvalue weighted by atomic mass is 16.6. The molecule has 0 N–H and O–H groups in total. The molecule has 8 nitrogen and oxygen atoms in total. The number of nitrogens with zero attached hydrogens (tertiary/aromatic N) is 1. The molecule has 0 saturated carbocycles. The Morgan fingerprint density at radius 3 is 1.52 bits per heavy atom. The van der Waals surface area contributed by atoms with Crippen LogP contribution in [0.15, 0.2) is 24.3 Å². The lowest BCUT2D eigenvalue weighted by molar-refractivity contribution is -0.889. The summed E-state index contributed by atoms with van der Waals surface area (Å²) in [6, 6.07) is -0.724. The summed E-state index contributed by atoms with van der Waals surface area (Å²) in [4.78, 5) is 36.8. The third-order valence-electron chi connectivity index (χ3n) is 10.1. The highest BCUT2D eigenvalue weighted by Gasteiger charge is 2.25. The molecule has 0 radical (unpaired) electrons. The number of unbranched alkanes of at least 4 members (excludes halogenated alkanes) is 22. The van der Waals surface area contributed by atoms with E-state index in [2.05, 4.69) is 38.2 Å². The highest BCUT2D eigenvalue weighted by molar-refractivity contribution is 5.70. The molecule has 0 aliphatic heterocycles. The lowest BCUT2D eigenvalue weighted by Gasteiger charge is -2.34. The zero-order valence-corrected chi connectivity index (χ0v) is 35.9. The fourth-order valence-corrected chi connectivity index (χ4v) is 6.64. The summed E-state index contributed by atoms with van der Waals surface area (Å²) in [5.74, 6) is -1.74. The van der Waals surface area contributed by atoms with Gasteiger partial charge in [0.15, 0.2) is 6.10 Å². The van der Waals surface area contributed by atoms with Gasteiger partial charge in [-0.05, 0) is 38.5 Å². The van der Waals surface area contributed by atoms with Crippen LogP contribution in [0.1, 0.15) is 200 Å². The van der Waals surface area contributed by atoms with E-state index in [0.29, 0.717) is 12.8 Å². The summed E-state index contributed by atoms with van der Waals surface area (Å²) in [6.07, 6.45) is 40.5. The minimum absolute atomic E-state index is 0.0413. The van der Waals surface area contributed by atoms with Crippen molar-refractivity contribution in [3.63, 3.8) is 0 Å². The van der Waals surface area contributed by atoms with Crippen molar-refractivity contribution in [1.29, 1.82) is 0 Å². The van der Waals surface area contributed by atoms with Gasteiger partial charge in [-0.3, -0.25) is 9.59 Å². The first-order valence-electron chi connectivity index (χ1n) is 22.4. The van der Waals surface area contributed by atoms with Crippen LogP contribution in [0.4, 0.5) is 0 Å². The first-order chi connectivity index (χ1) is 26.1. The molecule has 0 aromatic carbocycles. The first kappa shape index (κ1) is 51.8. The van der Waals surface area contributed by atoms with E-state index in [0.717, 1.165) is 57.8 Å². The van der Waals surface area contributed by atoms with E-state index in [1.165, 1.54) is 109 Å². The number of hydrogen-bond acceptors (Lipinski definition) is 7. The SMILES string of the molecule is CC/C=C/C/C=C/CCCCCCCCCC(=O)OC(COCCC(C(=O)[O-])[N+](C)(C)C)COC(=O)CCCCCCCCCCCCCCCCCC. The maximum absolute atomic E-state index is 12.7. The number of carbonyl (C=O) groups excluding carboxylic acids is 3. The molecular weight excluding hydrogens is 679 g/mol. The zero-order chi connectivity index (χ0) is 40.0. The van der Waals surface area contributed by atoms with Gasteiger partial charge in [0.1, 0.15) is 12.6 Å². The van der Waals surface area contributed by atoms with E-state index in [1.54, 1.807) is 21.1 Å². The lowest BCUT2D eigenvalue weighted by Crippen LogP contribution is -2.55. The third-order valence-corrected chi connectivity index (χ3v) is 10.1. The molecule has 8 heteroatoms. The van der Waals surface area contributed by atoms with Crippen LogP contribution in [-0.2, 0) is 28.6 Å². The average molecular weight is 764 g/mol. The van der Waals surface area contributed by atoms with Crippen molar-refractivity contribution in [3.05, 3.63) is 24.3 Å². The van der Waals surface area contributed by atoms with Crippen LogP contribution in [0.2, 0.25) is 0 Å². The Morgan fingerprint density at radius 1 is 0.574 bits per heavy atom. The summed E-state index contributed by atoms with van der Waals surface area (Å²) in [5.41, 5.74) is 0. The number of carboxylic acid groups (broad SMARTS) is 1. The standard InChI is InChI=1S/C46H85NO7/c1-6-8-10-12-14-16-18-20-22-23-25-26-28-30-32-34-36-44(48)53-41-42(40-52-39-38-43(46(50)51)47(3,4)5)54-45(49)37-35-33-31-29-27-24-21-19-17-15-13-11-9-7-2/h9,11,15,17,42-43H,6-8,10,12-14,16,18-41H2,1-5H3/b11-9+,17-15+. The molecule has 2 unspecified atom stereocenters. The van der Waals surface area contributed by atoms with Crippen molar-refractivity contribution in [1.82, 2.24) is 0 Å². The van der Waals surface area contributed by atoms with Crippen molar-refractivity contribution in [2.45, 2.75) is 212 Å². The molecule has 0 heterocycles. The van der Waals surface area contributed by atoms with E-state index in [9.17, 15) is 19.5 Å². The van der Waals surface area contributed by atoms with Gasteiger partial charge < -0.3 is 28.6 Å². The van der Waals surface area contributed by atoms with Crippen LogP contribution in [-0.4, -0.2) is 75.5 Å². The molecule has 0 aliphatic carbocycles. The van der Waals surface area contributed by atoms with E-state index >= 15 is 0 Å². The largest absolute Gasteiger partial charge is 0.544 e. The molecular formula is C46H85NO7. The van der Waals surface area contributed by atoms with Gasteiger partial charge in [-0.1, -0.05) is 167 Å². The Kier molecular flexibility index (Phi) is 36.2. The summed E-state index contributed by atoms with van der Waals surface area (Å²) in [6.45, 7) is 4.57. The second kappa shape index (κ2) is 37.7. The Balaban J connectivity index is 4.31. The van der Waals surface area contributed by atoms with Gasteiger partial charge >= 0.3 is 11.9 Å². The van der Waals surface area contributed by atoms with Gasteiger partial charge in [0.2, 0.25) is 0 Å². The number of esters is 2. The van der Waals surface area contributed by atoms with Crippen molar-refractivity contribution >= 4 is 17.9 Å². The average Bonchev–Trinajstić information content (AvgIpc) is 3.12. The third kappa shape index (κ3) is 35.5. The van der Waals surface area contributed by atoms with Crippen molar-refractivity contribution in [2.24, 2.45) is 0 Å². The molecule has 316 valence electrons. The summed E-state index contributed by atoms with van der Waals surface area (Å²) in [5, 5.41) is 11.6. The van der Waals surface area contributed by atoms with Crippen LogP contribution in [0.3, 0.4) is 0 Å². The van der Waals surface area contributed by atoms with Crippen LogP contribution < -0.4 is 5.11 Å². The number of ether oxygens (including phenoxy) is 3. The van der Waals surface area contributed by atoms with E-state index < -0.39 is 18.1 Å². The molecule has 0 amide bonds. The van der Waals surface area contributed by atoms with Crippen LogP contribution >= 0.6 is 0 Å². The van der Waals surface area contributed by atoms with Crippen molar-refractivity contribution in [3.8, 4) is 0 Å². The molecule has 2 atom stereocenters. The monoisotopic (exact) mass is 764 g/mol. The number of aliphatic carboxylic acids is 1. The summed E-state index contributed by atoms with van der Waals surface area (Å²) >= 11 is 0. The predicted octanol–water partition coefficient (Wildman–Crippen LogP) is 10.7. The Labute approximate surface area is 332 Å². The van der Waals surface area contributed by atoms with Crippen LogP contribution in [0.5, 0.6) is 0 Å². The van der Waals surface area contributed by atoms with E-state index in [4.69, 9.17) is 14.2 Å². The van der Waals surface area contributed by atoms with Gasteiger partial charge in [-0.15, -0.1) is 0 Å². The Bertz CT molecular complexity index is 942. The maximum atomic E-state index is 12.7. The van der Waals surface area contributed by atoms with E-state index in [1.807, 2.05) is 0 Å². The van der Waals surface area contributed by atoms with Crippen LogP contribution in [0.25, 0.3) is 0 Å². The quantitative estimate of drug-likeness (QED) is 0.0265. The molecule has 0 aliphatic rings. The van der Waals surface area contributed by atoms with Crippen molar-refractivity contribution in [2.75, 3.05) is 41.0 Å². The number of carboxylic acids is 1. The van der Waals surface area contributed by atoms with Gasteiger partial charge in [0.05, 0.1) is 40.3 Å². The number of likely N-dealkylation sites (N-methyl/N-ethyl adjacent to an activating group) is 1. The number of hydrogen-bond donors (Lipinski definition) is 0. The topological polar surface area (TPSA) is 102 Å². The van der Waals surface area contributed by atoms with Crippen molar-refractivity contribution < 1.29 is 38.2 Å². The fourth-order valence-electron chi connectivity index (χ4n) is 6.64. The summed E-state index contributed by atoms with van der Waals surface area (Å²) in [7, 11) is 5.41. The molecule has 54 heavy (non-hydrogen) atoms. The molecule has 0 spiro atoms.